The molecule has 2 aromatic heterocycles. The molecule has 2 nitrogen and oxygen atoms in total. The summed E-state index contributed by atoms with van der Waals surface area (Å²) in [6.07, 6.45) is 9.78. The Kier molecular flexibility index (Phi) is 4.23. The number of nitrogens with zero attached hydrogens (tertiary/aromatic N) is 2. The lowest BCUT2D eigenvalue weighted by molar-refractivity contribution is 0.659. The summed E-state index contributed by atoms with van der Waals surface area (Å²) in [5.74, 6) is 0.789. The van der Waals surface area contributed by atoms with Crippen molar-refractivity contribution in [2.24, 2.45) is 0 Å². The quantitative estimate of drug-likeness (QED) is 0.553. The van der Waals surface area contributed by atoms with Crippen molar-refractivity contribution in [3.8, 4) is 0 Å². The van der Waals surface area contributed by atoms with Crippen molar-refractivity contribution in [1.82, 2.24) is 9.38 Å². The van der Waals surface area contributed by atoms with Crippen molar-refractivity contribution < 1.29 is 0 Å². The first kappa shape index (κ1) is 11.5. The van der Waals surface area contributed by atoms with Crippen molar-refractivity contribution >= 4 is 17.1 Å². The third-order valence-electron chi connectivity index (χ3n) is 2.85. The van der Waals surface area contributed by atoms with Gasteiger partial charge in [-0.05, 0) is 31.4 Å². The minimum atomic E-state index is 0.789. The number of aryl methyl sites for hydroxylation is 1. The minimum absolute atomic E-state index is 0.789. The lowest BCUT2D eigenvalue weighted by Gasteiger charge is -2.04. The van der Waals surface area contributed by atoms with E-state index in [0.29, 0.717) is 0 Å². The van der Waals surface area contributed by atoms with E-state index in [1.54, 1.807) is 0 Å². The standard InChI is InChI=1S/C13H17ClN2/c14-9-4-2-1-3-6-12-7-5-8-13-10-15-11-16(12)13/h5,7-8,10-11H,1-4,6,9H2. The predicted molar refractivity (Wildman–Crippen MR) is 68.1 cm³/mol. The average Bonchev–Trinajstić information content (AvgIpc) is 2.77. The highest BCUT2D eigenvalue weighted by molar-refractivity contribution is 6.17. The first-order valence-corrected chi connectivity index (χ1v) is 6.41. The van der Waals surface area contributed by atoms with E-state index >= 15 is 0 Å². The molecule has 0 unspecified atom stereocenters. The Hall–Kier alpha value is -1.02. The van der Waals surface area contributed by atoms with Crippen molar-refractivity contribution in [3.05, 3.63) is 36.4 Å². The topological polar surface area (TPSA) is 17.3 Å². The molecule has 0 fully saturated rings. The molecule has 0 saturated carbocycles. The van der Waals surface area contributed by atoms with Gasteiger partial charge >= 0.3 is 0 Å². The van der Waals surface area contributed by atoms with Crippen LogP contribution in [0.2, 0.25) is 0 Å². The number of alkyl halides is 1. The number of rotatable bonds is 6. The number of pyridine rings is 1. The third kappa shape index (κ3) is 2.76. The number of unbranched alkanes of at least 4 members (excludes halogenated alkanes) is 3. The molecule has 2 rings (SSSR count). The van der Waals surface area contributed by atoms with Crippen LogP contribution in [-0.2, 0) is 6.42 Å². The Morgan fingerprint density at radius 1 is 1.12 bits per heavy atom. The molecule has 86 valence electrons. The minimum Gasteiger partial charge on any atom is -0.303 e. The van der Waals surface area contributed by atoms with E-state index in [2.05, 4.69) is 27.6 Å². The summed E-state index contributed by atoms with van der Waals surface area (Å²) in [5, 5.41) is 0. The summed E-state index contributed by atoms with van der Waals surface area (Å²) in [4.78, 5) is 4.17. The van der Waals surface area contributed by atoms with Crippen LogP contribution >= 0.6 is 11.6 Å². The average molecular weight is 237 g/mol. The fourth-order valence-corrected chi connectivity index (χ4v) is 2.15. The Morgan fingerprint density at radius 3 is 2.88 bits per heavy atom. The van der Waals surface area contributed by atoms with Crippen LogP contribution < -0.4 is 0 Å². The van der Waals surface area contributed by atoms with Crippen LogP contribution in [0, 0.1) is 0 Å². The van der Waals surface area contributed by atoms with E-state index in [1.807, 2.05) is 12.5 Å². The number of hydrogen-bond donors (Lipinski definition) is 0. The van der Waals surface area contributed by atoms with Gasteiger partial charge in [0.2, 0.25) is 0 Å². The van der Waals surface area contributed by atoms with Gasteiger partial charge in [-0.25, -0.2) is 4.98 Å². The number of hydrogen-bond acceptors (Lipinski definition) is 1. The van der Waals surface area contributed by atoms with E-state index in [1.165, 1.54) is 30.5 Å². The molecule has 0 amide bonds. The zero-order chi connectivity index (χ0) is 11.2. The Labute approximate surface area is 101 Å². The van der Waals surface area contributed by atoms with Gasteiger partial charge in [0.15, 0.2) is 0 Å². The van der Waals surface area contributed by atoms with Crippen LogP contribution in [-0.4, -0.2) is 15.3 Å². The summed E-state index contributed by atoms with van der Waals surface area (Å²) in [6, 6.07) is 6.37. The maximum absolute atomic E-state index is 5.65. The molecule has 3 heteroatoms. The molecule has 0 aliphatic carbocycles. The van der Waals surface area contributed by atoms with Gasteiger partial charge in [0.25, 0.3) is 0 Å². The highest BCUT2D eigenvalue weighted by Gasteiger charge is 1.99. The van der Waals surface area contributed by atoms with E-state index in [-0.39, 0.29) is 0 Å². The van der Waals surface area contributed by atoms with Crippen LogP contribution in [0.5, 0.6) is 0 Å². The molecule has 0 atom stereocenters. The van der Waals surface area contributed by atoms with Crippen LogP contribution in [0.1, 0.15) is 31.4 Å². The largest absolute Gasteiger partial charge is 0.303 e. The van der Waals surface area contributed by atoms with Crippen LogP contribution in [0.25, 0.3) is 5.52 Å². The lowest BCUT2D eigenvalue weighted by atomic mass is 10.1. The number of aromatic nitrogens is 2. The molecule has 0 N–H and O–H groups in total. The van der Waals surface area contributed by atoms with Crippen molar-refractivity contribution in [1.29, 1.82) is 0 Å². The predicted octanol–water partition coefficient (Wildman–Crippen LogP) is 3.68. The SMILES string of the molecule is ClCCCCCCc1cccc2cncn12. The molecule has 0 aliphatic rings. The summed E-state index contributed by atoms with van der Waals surface area (Å²) < 4.78 is 2.17. The maximum Gasteiger partial charge on any atom is 0.0994 e. The zero-order valence-electron chi connectivity index (χ0n) is 9.40. The molecular weight excluding hydrogens is 220 g/mol. The molecule has 2 aromatic rings. The fraction of sp³-hybridized carbons (Fsp3) is 0.462. The molecule has 2 heterocycles. The monoisotopic (exact) mass is 236 g/mol. The Bertz CT molecular complexity index is 436. The Morgan fingerprint density at radius 2 is 2.00 bits per heavy atom. The van der Waals surface area contributed by atoms with E-state index < -0.39 is 0 Å². The smallest absolute Gasteiger partial charge is 0.0994 e. The van der Waals surface area contributed by atoms with E-state index in [9.17, 15) is 0 Å². The van der Waals surface area contributed by atoms with Gasteiger partial charge in [-0.15, -0.1) is 11.6 Å². The van der Waals surface area contributed by atoms with Crippen molar-refractivity contribution in [3.63, 3.8) is 0 Å². The second-order valence-corrected chi connectivity index (χ2v) is 4.44. The second-order valence-electron chi connectivity index (χ2n) is 4.06. The van der Waals surface area contributed by atoms with Gasteiger partial charge in [0, 0.05) is 11.6 Å². The summed E-state index contributed by atoms with van der Waals surface area (Å²) >= 11 is 5.65. The number of imidazole rings is 1. The van der Waals surface area contributed by atoms with Gasteiger partial charge in [-0.1, -0.05) is 18.9 Å². The summed E-state index contributed by atoms with van der Waals surface area (Å²) in [7, 11) is 0. The Balaban J connectivity index is 1.91. The highest BCUT2D eigenvalue weighted by atomic mass is 35.5. The molecule has 0 aromatic carbocycles. The zero-order valence-corrected chi connectivity index (χ0v) is 10.2. The van der Waals surface area contributed by atoms with Gasteiger partial charge in [-0.2, -0.15) is 0 Å². The normalized spacial score (nSPS) is 11.1. The molecule has 0 radical (unpaired) electrons. The van der Waals surface area contributed by atoms with Crippen LogP contribution in [0.15, 0.2) is 30.7 Å². The number of fused-ring (bicyclic) bond motifs is 1. The number of halogens is 1. The first-order chi connectivity index (χ1) is 7.92. The van der Waals surface area contributed by atoms with E-state index in [4.69, 9.17) is 11.6 Å². The molecular formula is C13H17ClN2. The van der Waals surface area contributed by atoms with Crippen LogP contribution in [0.4, 0.5) is 0 Å². The van der Waals surface area contributed by atoms with Crippen molar-refractivity contribution in [2.75, 3.05) is 5.88 Å². The van der Waals surface area contributed by atoms with Gasteiger partial charge in [-0.3, -0.25) is 0 Å². The maximum atomic E-state index is 5.65. The molecule has 0 aliphatic heterocycles. The molecule has 0 spiro atoms. The van der Waals surface area contributed by atoms with Crippen molar-refractivity contribution in [2.45, 2.75) is 32.1 Å². The van der Waals surface area contributed by atoms with Gasteiger partial charge in [0.1, 0.15) is 0 Å². The molecule has 0 bridgehead atoms. The lowest BCUT2D eigenvalue weighted by Crippen LogP contribution is -1.95. The summed E-state index contributed by atoms with van der Waals surface area (Å²) in [6.45, 7) is 0. The summed E-state index contributed by atoms with van der Waals surface area (Å²) in [5.41, 5.74) is 2.53. The fourth-order valence-electron chi connectivity index (χ4n) is 1.96. The first-order valence-electron chi connectivity index (χ1n) is 5.88. The highest BCUT2D eigenvalue weighted by Crippen LogP contribution is 2.11. The molecule has 16 heavy (non-hydrogen) atoms. The van der Waals surface area contributed by atoms with Gasteiger partial charge in [0.05, 0.1) is 18.0 Å². The second kappa shape index (κ2) is 5.90. The van der Waals surface area contributed by atoms with Crippen LogP contribution in [0.3, 0.4) is 0 Å². The van der Waals surface area contributed by atoms with Gasteiger partial charge < -0.3 is 4.40 Å². The third-order valence-corrected chi connectivity index (χ3v) is 3.12. The molecule has 0 saturated heterocycles. The van der Waals surface area contributed by atoms with E-state index in [0.717, 1.165) is 18.7 Å².